The maximum absolute atomic E-state index is 12.9. The maximum atomic E-state index is 12.9. The molecule has 0 aromatic carbocycles. The van der Waals surface area contributed by atoms with Crippen LogP contribution in [0, 0.1) is 17.0 Å². The summed E-state index contributed by atoms with van der Waals surface area (Å²) < 4.78 is 45.0. The molecule has 3 aromatic heterocycles. The van der Waals surface area contributed by atoms with Crippen LogP contribution < -0.4 is 0 Å². The van der Waals surface area contributed by atoms with E-state index in [2.05, 4.69) is 20.3 Å². The van der Waals surface area contributed by atoms with Crippen LogP contribution in [0.1, 0.15) is 17.3 Å². The van der Waals surface area contributed by atoms with Crippen molar-refractivity contribution in [1.29, 1.82) is 0 Å². The van der Waals surface area contributed by atoms with E-state index in [0.29, 0.717) is 5.56 Å². The molecule has 3 aromatic rings. The monoisotopic (exact) mass is 354 g/mol. The molecule has 0 unspecified atom stereocenters. The Hall–Kier alpha value is -3.31. The molecular weight excluding hydrogens is 345 g/mol. The molecule has 0 bridgehead atoms. The van der Waals surface area contributed by atoms with Crippen LogP contribution in [0.3, 0.4) is 0 Å². The average molecular weight is 354 g/mol. The summed E-state index contributed by atoms with van der Waals surface area (Å²) in [5.41, 5.74) is -2.35. The van der Waals surface area contributed by atoms with E-state index in [1.54, 1.807) is 12.1 Å². The van der Waals surface area contributed by atoms with Crippen LogP contribution in [-0.4, -0.2) is 29.9 Å². The molecule has 130 valence electrons. The van der Waals surface area contributed by atoms with Gasteiger partial charge >= 0.3 is 11.9 Å². The fourth-order valence-corrected chi connectivity index (χ4v) is 2.16. The molecule has 0 saturated heterocycles. The number of pyridine rings is 1. The van der Waals surface area contributed by atoms with Gasteiger partial charge in [-0.05, 0) is 19.1 Å². The summed E-state index contributed by atoms with van der Waals surface area (Å²) >= 11 is 0. The standard InChI is InChI=1S/C13H9F3N6O3/c1-7-10(22(23)24)11(13(14,15)16)20-21(7)6-9-18-19-12(25-9)8-2-4-17-5-3-8/h2-5H,6H2,1H3. The molecule has 0 amide bonds. The van der Waals surface area contributed by atoms with Crippen molar-refractivity contribution in [2.24, 2.45) is 0 Å². The second-order valence-corrected chi connectivity index (χ2v) is 4.93. The van der Waals surface area contributed by atoms with Gasteiger partial charge in [-0.2, -0.15) is 18.3 Å². The molecule has 0 fully saturated rings. The third-order valence-electron chi connectivity index (χ3n) is 3.31. The molecule has 3 heterocycles. The zero-order chi connectivity index (χ0) is 18.2. The number of nitro groups is 1. The highest BCUT2D eigenvalue weighted by Crippen LogP contribution is 2.37. The SMILES string of the molecule is Cc1c([N+](=O)[O-])c(C(F)(F)F)nn1Cc1nnc(-c2ccncc2)o1. The van der Waals surface area contributed by atoms with Crippen LogP contribution in [0.25, 0.3) is 11.5 Å². The van der Waals surface area contributed by atoms with Gasteiger partial charge in [0.15, 0.2) is 0 Å². The van der Waals surface area contributed by atoms with Crippen molar-refractivity contribution in [3.63, 3.8) is 0 Å². The number of aromatic nitrogens is 5. The predicted octanol–water partition coefficient (Wildman–Crippen LogP) is 2.61. The van der Waals surface area contributed by atoms with Crippen LogP contribution in [-0.2, 0) is 12.7 Å². The van der Waals surface area contributed by atoms with Crippen LogP contribution in [0.5, 0.6) is 0 Å². The van der Waals surface area contributed by atoms with Gasteiger partial charge in [0.1, 0.15) is 12.2 Å². The molecule has 0 spiro atoms. The van der Waals surface area contributed by atoms with Crippen LogP contribution in [0.15, 0.2) is 28.9 Å². The van der Waals surface area contributed by atoms with Crippen LogP contribution in [0.2, 0.25) is 0 Å². The summed E-state index contributed by atoms with van der Waals surface area (Å²) in [6.45, 7) is 0.835. The van der Waals surface area contributed by atoms with Gasteiger partial charge in [0.2, 0.25) is 17.5 Å². The summed E-state index contributed by atoms with van der Waals surface area (Å²) in [6.07, 6.45) is -1.93. The Balaban J connectivity index is 1.94. The number of nitrogens with zero attached hydrogens (tertiary/aromatic N) is 6. The molecule has 0 aliphatic rings. The maximum Gasteiger partial charge on any atom is 0.442 e. The first-order chi connectivity index (χ1) is 11.8. The van der Waals surface area contributed by atoms with Crippen LogP contribution in [0.4, 0.5) is 18.9 Å². The van der Waals surface area contributed by atoms with E-state index in [-0.39, 0.29) is 24.0 Å². The zero-order valence-corrected chi connectivity index (χ0v) is 12.6. The van der Waals surface area contributed by atoms with E-state index < -0.39 is 22.5 Å². The Morgan fingerprint density at radius 1 is 1.28 bits per heavy atom. The van der Waals surface area contributed by atoms with Gasteiger partial charge in [0, 0.05) is 18.0 Å². The molecule has 12 heteroatoms. The zero-order valence-electron chi connectivity index (χ0n) is 12.6. The highest BCUT2D eigenvalue weighted by molar-refractivity contribution is 5.50. The third-order valence-corrected chi connectivity index (χ3v) is 3.31. The highest BCUT2D eigenvalue weighted by atomic mass is 19.4. The van der Waals surface area contributed by atoms with Gasteiger partial charge in [-0.3, -0.25) is 19.8 Å². The van der Waals surface area contributed by atoms with Crippen molar-refractivity contribution < 1.29 is 22.5 Å². The topological polar surface area (TPSA) is 113 Å². The van der Waals surface area contributed by atoms with E-state index in [0.717, 1.165) is 4.68 Å². The van der Waals surface area contributed by atoms with Crippen molar-refractivity contribution in [2.75, 3.05) is 0 Å². The summed E-state index contributed by atoms with van der Waals surface area (Å²) in [7, 11) is 0. The minimum atomic E-state index is -4.95. The average Bonchev–Trinajstić information content (AvgIpc) is 3.14. The molecular formula is C13H9F3N6O3. The molecule has 0 atom stereocenters. The van der Waals surface area contributed by atoms with Gasteiger partial charge in [-0.15, -0.1) is 10.2 Å². The Bertz CT molecular complexity index is 919. The van der Waals surface area contributed by atoms with Gasteiger partial charge in [0.25, 0.3) is 0 Å². The third kappa shape index (κ3) is 3.18. The number of hydrogen-bond acceptors (Lipinski definition) is 7. The molecule has 0 aliphatic carbocycles. The van der Waals surface area contributed by atoms with E-state index in [1.807, 2.05) is 0 Å². The lowest BCUT2D eigenvalue weighted by molar-refractivity contribution is -0.388. The first kappa shape index (κ1) is 16.5. The van der Waals surface area contributed by atoms with E-state index in [1.165, 1.54) is 19.3 Å². The Labute approximate surface area is 137 Å². The second-order valence-electron chi connectivity index (χ2n) is 4.93. The molecule has 25 heavy (non-hydrogen) atoms. The summed E-state index contributed by atoms with van der Waals surface area (Å²) in [4.78, 5) is 13.7. The van der Waals surface area contributed by atoms with Gasteiger partial charge < -0.3 is 4.42 Å². The van der Waals surface area contributed by atoms with E-state index >= 15 is 0 Å². The van der Waals surface area contributed by atoms with Crippen molar-refractivity contribution >= 4 is 5.69 Å². The predicted molar refractivity (Wildman–Crippen MR) is 75.3 cm³/mol. The Morgan fingerprint density at radius 3 is 2.52 bits per heavy atom. The smallest absolute Gasteiger partial charge is 0.419 e. The number of alkyl halides is 3. The molecule has 3 rings (SSSR count). The van der Waals surface area contributed by atoms with Crippen molar-refractivity contribution in [3.05, 3.63) is 51.9 Å². The molecule has 9 nitrogen and oxygen atoms in total. The number of rotatable bonds is 4. The van der Waals surface area contributed by atoms with Crippen molar-refractivity contribution in [1.82, 2.24) is 25.0 Å². The van der Waals surface area contributed by atoms with Gasteiger partial charge in [-0.25, -0.2) is 0 Å². The Morgan fingerprint density at radius 2 is 1.96 bits per heavy atom. The van der Waals surface area contributed by atoms with E-state index in [9.17, 15) is 23.3 Å². The number of hydrogen-bond donors (Lipinski definition) is 0. The lowest BCUT2D eigenvalue weighted by Gasteiger charge is -2.00. The normalized spacial score (nSPS) is 11.7. The molecule has 0 radical (unpaired) electrons. The fourth-order valence-electron chi connectivity index (χ4n) is 2.16. The Kier molecular flexibility index (Phi) is 3.94. The quantitative estimate of drug-likeness (QED) is 0.523. The minimum Gasteiger partial charge on any atom is -0.419 e. The summed E-state index contributed by atoms with van der Waals surface area (Å²) in [5, 5.41) is 21.7. The first-order valence-electron chi connectivity index (χ1n) is 6.79. The summed E-state index contributed by atoms with van der Waals surface area (Å²) in [5.74, 6) is 0.105. The van der Waals surface area contributed by atoms with Gasteiger partial charge in [-0.1, -0.05) is 0 Å². The van der Waals surface area contributed by atoms with Crippen molar-refractivity contribution in [3.8, 4) is 11.5 Å². The number of halogens is 3. The van der Waals surface area contributed by atoms with Crippen LogP contribution >= 0.6 is 0 Å². The van der Waals surface area contributed by atoms with Crippen molar-refractivity contribution in [2.45, 2.75) is 19.6 Å². The van der Waals surface area contributed by atoms with Gasteiger partial charge in [0.05, 0.1) is 4.92 Å². The minimum absolute atomic E-state index is 0.0407. The molecule has 0 aliphatic heterocycles. The lowest BCUT2D eigenvalue weighted by Crippen LogP contribution is -2.10. The second kappa shape index (κ2) is 5.96. The fraction of sp³-hybridized carbons (Fsp3) is 0.231. The molecule has 0 saturated carbocycles. The highest BCUT2D eigenvalue weighted by Gasteiger charge is 2.44. The van der Waals surface area contributed by atoms with E-state index in [4.69, 9.17) is 4.42 Å². The summed E-state index contributed by atoms with van der Waals surface area (Å²) in [6, 6.07) is 3.23. The largest absolute Gasteiger partial charge is 0.442 e. The lowest BCUT2D eigenvalue weighted by atomic mass is 10.3. The first-order valence-corrected chi connectivity index (χ1v) is 6.79. The molecule has 0 N–H and O–H groups in total.